The Hall–Kier alpha value is -2.53. The van der Waals surface area contributed by atoms with Gasteiger partial charge in [-0.25, -0.2) is 9.37 Å². The number of nitrogens with zero attached hydrogens (tertiary/aromatic N) is 3. The molecule has 0 amide bonds. The SMILES string of the molecule is Fc1ccc(-c2ccc3ncc(N4CCOCC4)nc3c2)cc1. The molecule has 0 bridgehead atoms. The first kappa shape index (κ1) is 14.1. The fourth-order valence-corrected chi connectivity index (χ4v) is 2.77. The minimum absolute atomic E-state index is 0.232. The van der Waals surface area contributed by atoms with Crippen molar-refractivity contribution in [2.45, 2.75) is 0 Å². The summed E-state index contributed by atoms with van der Waals surface area (Å²) in [4.78, 5) is 11.4. The van der Waals surface area contributed by atoms with Gasteiger partial charge < -0.3 is 9.64 Å². The van der Waals surface area contributed by atoms with E-state index < -0.39 is 0 Å². The van der Waals surface area contributed by atoms with Gasteiger partial charge in [-0.2, -0.15) is 0 Å². The van der Waals surface area contributed by atoms with Gasteiger partial charge in [-0.1, -0.05) is 18.2 Å². The molecule has 116 valence electrons. The molecule has 1 aliphatic rings. The van der Waals surface area contributed by atoms with E-state index in [2.05, 4.69) is 9.88 Å². The van der Waals surface area contributed by atoms with Gasteiger partial charge in [0.15, 0.2) is 0 Å². The summed E-state index contributed by atoms with van der Waals surface area (Å²) >= 11 is 0. The summed E-state index contributed by atoms with van der Waals surface area (Å²) in [7, 11) is 0. The molecule has 23 heavy (non-hydrogen) atoms. The van der Waals surface area contributed by atoms with Crippen LogP contribution in [-0.4, -0.2) is 36.3 Å². The van der Waals surface area contributed by atoms with Crippen molar-refractivity contribution in [1.82, 2.24) is 9.97 Å². The molecule has 0 radical (unpaired) electrons. The number of hydrogen-bond donors (Lipinski definition) is 0. The van der Waals surface area contributed by atoms with E-state index in [0.29, 0.717) is 0 Å². The second-order valence-electron chi connectivity index (χ2n) is 5.54. The van der Waals surface area contributed by atoms with Crippen LogP contribution in [0.5, 0.6) is 0 Å². The number of benzene rings is 2. The number of aromatic nitrogens is 2. The van der Waals surface area contributed by atoms with Gasteiger partial charge in [-0.3, -0.25) is 4.98 Å². The summed E-state index contributed by atoms with van der Waals surface area (Å²) in [5, 5.41) is 0. The Bertz CT molecular complexity index is 829. The highest BCUT2D eigenvalue weighted by molar-refractivity contribution is 5.82. The molecular weight excluding hydrogens is 293 g/mol. The van der Waals surface area contributed by atoms with Crippen LogP contribution in [0.2, 0.25) is 0 Å². The van der Waals surface area contributed by atoms with Gasteiger partial charge in [0.1, 0.15) is 11.6 Å². The molecule has 1 saturated heterocycles. The number of anilines is 1. The predicted octanol–water partition coefficient (Wildman–Crippen LogP) is 3.27. The van der Waals surface area contributed by atoms with Crippen molar-refractivity contribution in [3.8, 4) is 11.1 Å². The van der Waals surface area contributed by atoms with E-state index in [0.717, 1.165) is 54.3 Å². The van der Waals surface area contributed by atoms with E-state index in [9.17, 15) is 4.39 Å². The van der Waals surface area contributed by atoms with E-state index in [1.165, 1.54) is 12.1 Å². The Morgan fingerprint density at radius 3 is 2.43 bits per heavy atom. The zero-order valence-corrected chi connectivity index (χ0v) is 12.6. The minimum atomic E-state index is -0.232. The molecule has 2 heterocycles. The molecule has 0 atom stereocenters. The lowest BCUT2D eigenvalue weighted by atomic mass is 10.1. The maximum Gasteiger partial charge on any atom is 0.148 e. The molecule has 4 nitrogen and oxygen atoms in total. The number of rotatable bonds is 2. The second kappa shape index (κ2) is 5.93. The van der Waals surface area contributed by atoms with Crippen molar-refractivity contribution < 1.29 is 9.13 Å². The van der Waals surface area contributed by atoms with E-state index >= 15 is 0 Å². The summed E-state index contributed by atoms with van der Waals surface area (Å²) in [5.41, 5.74) is 3.67. The van der Waals surface area contributed by atoms with Gasteiger partial charge in [0.05, 0.1) is 30.4 Å². The minimum Gasteiger partial charge on any atom is -0.378 e. The van der Waals surface area contributed by atoms with E-state index in [4.69, 9.17) is 9.72 Å². The van der Waals surface area contributed by atoms with Gasteiger partial charge in [0.2, 0.25) is 0 Å². The monoisotopic (exact) mass is 309 g/mol. The zero-order chi connectivity index (χ0) is 15.6. The molecule has 0 saturated carbocycles. The smallest absolute Gasteiger partial charge is 0.148 e. The summed E-state index contributed by atoms with van der Waals surface area (Å²) in [5.74, 6) is 0.640. The van der Waals surface area contributed by atoms with Gasteiger partial charge in [0.25, 0.3) is 0 Å². The average molecular weight is 309 g/mol. The highest BCUT2D eigenvalue weighted by Crippen LogP contribution is 2.24. The van der Waals surface area contributed by atoms with Crippen LogP contribution in [0.4, 0.5) is 10.2 Å². The van der Waals surface area contributed by atoms with Crippen LogP contribution in [-0.2, 0) is 4.74 Å². The quantitative estimate of drug-likeness (QED) is 0.728. The van der Waals surface area contributed by atoms with Crippen molar-refractivity contribution in [2.75, 3.05) is 31.2 Å². The average Bonchev–Trinajstić information content (AvgIpc) is 2.62. The lowest BCUT2D eigenvalue weighted by Gasteiger charge is -2.27. The molecule has 0 unspecified atom stereocenters. The standard InChI is InChI=1S/C18H16FN3O/c19-15-4-1-13(2-5-15)14-3-6-16-17(11-14)21-18(12-20-16)22-7-9-23-10-8-22/h1-6,11-12H,7-10H2. The summed E-state index contributed by atoms with van der Waals surface area (Å²) in [6.07, 6.45) is 1.81. The van der Waals surface area contributed by atoms with Gasteiger partial charge in [-0.05, 0) is 35.4 Å². The van der Waals surface area contributed by atoms with Crippen LogP contribution in [0, 0.1) is 5.82 Å². The first-order chi connectivity index (χ1) is 11.3. The first-order valence-electron chi connectivity index (χ1n) is 7.65. The molecule has 0 N–H and O–H groups in total. The molecule has 1 aliphatic heterocycles. The van der Waals surface area contributed by atoms with E-state index in [-0.39, 0.29) is 5.82 Å². The van der Waals surface area contributed by atoms with Crippen molar-refractivity contribution in [2.24, 2.45) is 0 Å². The van der Waals surface area contributed by atoms with Crippen molar-refractivity contribution in [1.29, 1.82) is 0 Å². The number of ether oxygens (including phenoxy) is 1. The highest BCUT2D eigenvalue weighted by atomic mass is 19.1. The maximum atomic E-state index is 13.1. The highest BCUT2D eigenvalue weighted by Gasteiger charge is 2.13. The van der Waals surface area contributed by atoms with Crippen LogP contribution in [0.1, 0.15) is 0 Å². The molecular formula is C18H16FN3O. The second-order valence-corrected chi connectivity index (χ2v) is 5.54. The Kier molecular flexibility index (Phi) is 3.63. The van der Waals surface area contributed by atoms with Gasteiger partial charge in [-0.15, -0.1) is 0 Å². The van der Waals surface area contributed by atoms with Crippen LogP contribution < -0.4 is 4.90 Å². The fraction of sp³-hybridized carbons (Fsp3) is 0.222. The molecule has 2 aromatic carbocycles. The number of fused-ring (bicyclic) bond motifs is 1. The molecule has 1 fully saturated rings. The van der Waals surface area contributed by atoms with Crippen molar-refractivity contribution in [3.63, 3.8) is 0 Å². The van der Waals surface area contributed by atoms with Crippen LogP contribution in [0.3, 0.4) is 0 Å². The lowest BCUT2D eigenvalue weighted by Crippen LogP contribution is -2.36. The largest absolute Gasteiger partial charge is 0.378 e. The third kappa shape index (κ3) is 2.87. The summed E-state index contributed by atoms with van der Waals surface area (Å²) < 4.78 is 18.5. The Morgan fingerprint density at radius 2 is 1.65 bits per heavy atom. The lowest BCUT2D eigenvalue weighted by molar-refractivity contribution is 0.122. The van der Waals surface area contributed by atoms with E-state index in [1.54, 1.807) is 12.1 Å². The van der Waals surface area contributed by atoms with Gasteiger partial charge >= 0.3 is 0 Å². The van der Waals surface area contributed by atoms with Crippen molar-refractivity contribution in [3.05, 3.63) is 54.5 Å². The topological polar surface area (TPSA) is 38.2 Å². The molecule has 3 aromatic rings. The summed E-state index contributed by atoms with van der Waals surface area (Å²) in [6.45, 7) is 3.10. The Morgan fingerprint density at radius 1 is 0.913 bits per heavy atom. The molecule has 5 heteroatoms. The molecule has 4 rings (SSSR count). The Balaban J connectivity index is 1.72. The maximum absolute atomic E-state index is 13.1. The Labute approximate surface area is 133 Å². The van der Waals surface area contributed by atoms with Crippen LogP contribution in [0.25, 0.3) is 22.2 Å². The summed E-state index contributed by atoms with van der Waals surface area (Å²) in [6, 6.07) is 12.4. The number of morpholine rings is 1. The predicted molar refractivity (Wildman–Crippen MR) is 88.0 cm³/mol. The number of halogens is 1. The van der Waals surface area contributed by atoms with E-state index in [1.807, 2.05) is 24.4 Å². The van der Waals surface area contributed by atoms with Crippen LogP contribution >= 0.6 is 0 Å². The third-order valence-corrected chi connectivity index (χ3v) is 4.04. The number of hydrogen-bond acceptors (Lipinski definition) is 4. The fourth-order valence-electron chi connectivity index (χ4n) is 2.77. The zero-order valence-electron chi connectivity index (χ0n) is 12.6. The molecule has 0 spiro atoms. The van der Waals surface area contributed by atoms with Gasteiger partial charge in [0, 0.05) is 13.1 Å². The third-order valence-electron chi connectivity index (χ3n) is 4.04. The normalized spacial score (nSPS) is 15.1. The molecule has 1 aromatic heterocycles. The first-order valence-corrected chi connectivity index (χ1v) is 7.65. The molecule has 0 aliphatic carbocycles. The van der Waals surface area contributed by atoms with Crippen molar-refractivity contribution >= 4 is 16.9 Å². The van der Waals surface area contributed by atoms with Crippen LogP contribution in [0.15, 0.2) is 48.7 Å².